The summed E-state index contributed by atoms with van der Waals surface area (Å²) in [6.45, 7) is 4.38. The minimum Gasteiger partial charge on any atom is -0.379 e. The highest BCUT2D eigenvalue weighted by Gasteiger charge is 2.15. The van der Waals surface area contributed by atoms with Gasteiger partial charge in [-0.3, -0.25) is 4.79 Å². The fourth-order valence-corrected chi connectivity index (χ4v) is 1.41. The lowest BCUT2D eigenvalue weighted by atomic mass is 10.1. The Balaban J connectivity index is 2.15. The molecule has 1 N–H and O–H groups in total. The van der Waals surface area contributed by atoms with E-state index in [1.807, 2.05) is 6.92 Å². The Morgan fingerprint density at radius 2 is 2.50 bits per heavy atom. The van der Waals surface area contributed by atoms with E-state index in [4.69, 9.17) is 4.74 Å². The highest BCUT2D eigenvalue weighted by Crippen LogP contribution is 2.02. The number of morpholine rings is 1. The van der Waals surface area contributed by atoms with Crippen molar-refractivity contribution in [3.05, 3.63) is 0 Å². The standard InChI is InChI=1S/C9H17NO2/c1-2-3-9(11)6-8-7-12-5-4-10-8/h8,10H,2-7H2,1H3. The third-order valence-corrected chi connectivity index (χ3v) is 2.00. The highest BCUT2D eigenvalue weighted by atomic mass is 16.5. The van der Waals surface area contributed by atoms with E-state index in [1.165, 1.54) is 0 Å². The van der Waals surface area contributed by atoms with Crippen LogP contribution in [0.15, 0.2) is 0 Å². The van der Waals surface area contributed by atoms with Gasteiger partial charge < -0.3 is 10.1 Å². The van der Waals surface area contributed by atoms with E-state index < -0.39 is 0 Å². The average Bonchev–Trinajstić information content (AvgIpc) is 2.06. The molecule has 1 fully saturated rings. The van der Waals surface area contributed by atoms with Crippen LogP contribution in [0.4, 0.5) is 0 Å². The van der Waals surface area contributed by atoms with Gasteiger partial charge in [0.15, 0.2) is 0 Å². The van der Waals surface area contributed by atoms with Gasteiger partial charge in [-0.2, -0.15) is 0 Å². The maximum atomic E-state index is 11.2. The zero-order chi connectivity index (χ0) is 8.81. The number of rotatable bonds is 4. The van der Waals surface area contributed by atoms with Crippen LogP contribution in [0.2, 0.25) is 0 Å². The van der Waals surface area contributed by atoms with E-state index in [2.05, 4.69) is 5.32 Å². The highest BCUT2D eigenvalue weighted by molar-refractivity contribution is 5.78. The van der Waals surface area contributed by atoms with Crippen molar-refractivity contribution in [2.45, 2.75) is 32.2 Å². The number of Topliss-reactive ketones (excluding diaryl/α,β-unsaturated/α-hetero) is 1. The fourth-order valence-electron chi connectivity index (χ4n) is 1.41. The molecule has 1 atom stereocenters. The van der Waals surface area contributed by atoms with E-state index in [9.17, 15) is 4.79 Å². The van der Waals surface area contributed by atoms with E-state index in [1.54, 1.807) is 0 Å². The summed E-state index contributed by atoms with van der Waals surface area (Å²) < 4.78 is 5.25. The van der Waals surface area contributed by atoms with Gasteiger partial charge in [0.2, 0.25) is 0 Å². The fraction of sp³-hybridized carbons (Fsp3) is 0.889. The van der Waals surface area contributed by atoms with Crippen molar-refractivity contribution in [1.82, 2.24) is 5.32 Å². The van der Waals surface area contributed by atoms with Crippen LogP contribution in [0.25, 0.3) is 0 Å². The molecule has 1 saturated heterocycles. The Bertz CT molecular complexity index is 141. The summed E-state index contributed by atoms with van der Waals surface area (Å²) in [7, 11) is 0. The van der Waals surface area contributed by atoms with E-state index >= 15 is 0 Å². The molecule has 0 radical (unpaired) electrons. The smallest absolute Gasteiger partial charge is 0.134 e. The summed E-state index contributed by atoms with van der Waals surface area (Å²) in [6.07, 6.45) is 2.29. The molecule has 0 spiro atoms. The number of hydrogen-bond acceptors (Lipinski definition) is 3. The number of carbonyl (C=O) groups is 1. The Morgan fingerprint density at radius 3 is 3.08 bits per heavy atom. The minimum absolute atomic E-state index is 0.262. The molecule has 0 aromatic heterocycles. The number of ketones is 1. The molecule has 0 saturated carbocycles. The Hall–Kier alpha value is -0.410. The second kappa shape index (κ2) is 5.27. The Labute approximate surface area is 73.5 Å². The largest absolute Gasteiger partial charge is 0.379 e. The molecule has 0 aromatic carbocycles. The molecule has 0 aromatic rings. The average molecular weight is 171 g/mol. The first kappa shape index (κ1) is 9.68. The number of carbonyl (C=O) groups excluding carboxylic acids is 1. The van der Waals surface area contributed by atoms with Gasteiger partial charge in [0.05, 0.1) is 13.2 Å². The van der Waals surface area contributed by atoms with Crippen LogP contribution in [0.5, 0.6) is 0 Å². The summed E-state index contributed by atoms with van der Waals surface area (Å²) in [5, 5.41) is 3.26. The van der Waals surface area contributed by atoms with Gasteiger partial charge in [0.1, 0.15) is 5.78 Å². The second-order valence-corrected chi connectivity index (χ2v) is 3.22. The molecule has 1 heterocycles. The van der Waals surface area contributed by atoms with Crippen molar-refractivity contribution < 1.29 is 9.53 Å². The van der Waals surface area contributed by atoms with E-state index in [-0.39, 0.29) is 6.04 Å². The molecule has 1 aliphatic rings. The lowest BCUT2D eigenvalue weighted by Crippen LogP contribution is -2.42. The van der Waals surface area contributed by atoms with Crippen molar-refractivity contribution in [1.29, 1.82) is 0 Å². The van der Waals surface area contributed by atoms with Crippen molar-refractivity contribution in [2.75, 3.05) is 19.8 Å². The van der Waals surface area contributed by atoms with Gasteiger partial charge in [-0.05, 0) is 6.42 Å². The predicted molar refractivity (Wildman–Crippen MR) is 47.1 cm³/mol. The summed E-state index contributed by atoms with van der Waals surface area (Å²) >= 11 is 0. The quantitative estimate of drug-likeness (QED) is 0.677. The molecule has 3 heteroatoms. The number of hydrogen-bond donors (Lipinski definition) is 1. The van der Waals surface area contributed by atoms with Crippen LogP contribution in [0.1, 0.15) is 26.2 Å². The zero-order valence-electron chi connectivity index (χ0n) is 7.64. The number of nitrogens with one attached hydrogen (secondary N) is 1. The normalized spacial score (nSPS) is 23.9. The maximum absolute atomic E-state index is 11.2. The van der Waals surface area contributed by atoms with Crippen LogP contribution < -0.4 is 5.32 Å². The molecule has 1 rings (SSSR count). The third kappa shape index (κ3) is 3.32. The van der Waals surface area contributed by atoms with Crippen molar-refractivity contribution in [3.63, 3.8) is 0 Å². The Morgan fingerprint density at radius 1 is 1.67 bits per heavy atom. The lowest BCUT2D eigenvalue weighted by molar-refractivity contribution is -0.120. The second-order valence-electron chi connectivity index (χ2n) is 3.22. The molecule has 70 valence electrons. The maximum Gasteiger partial charge on any atom is 0.134 e. The van der Waals surface area contributed by atoms with Crippen LogP contribution in [0.3, 0.4) is 0 Å². The van der Waals surface area contributed by atoms with E-state index in [0.29, 0.717) is 25.2 Å². The van der Waals surface area contributed by atoms with Gasteiger partial charge in [-0.1, -0.05) is 6.92 Å². The summed E-state index contributed by atoms with van der Waals surface area (Å²) in [5.74, 6) is 0.348. The van der Waals surface area contributed by atoms with Crippen LogP contribution in [0, 0.1) is 0 Å². The lowest BCUT2D eigenvalue weighted by Gasteiger charge is -2.22. The summed E-state index contributed by atoms with van der Waals surface area (Å²) in [6, 6.07) is 0.262. The molecular formula is C9H17NO2. The SMILES string of the molecule is CCCC(=O)CC1COCCN1. The first-order chi connectivity index (χ1) is 5.83. The van der Waals surface area contributed by atoms with Gasteiger partial charge in [-0.15, -0.1) is 0 Å². The molecule has 1 aliphatic heterocycles. The number of ether oxygens (including phenoxy) is 1. The van der Waals surface area contributed by atoms with Crippen LogP contribution >= 0.6 is 0 Å². The molecular weight excluding hydrogens is 154 g/mol. The van der Waals surface area contributed by atoms with Gasteiger partial charge in [0.25, 0.3) is 0 Å². The zero-order valence-corrected chi connectivity index (χ0v) is 7.64. The minimum atomic E-state index is 0.262. The van der Waals surface area contributed by atoms with Crippen molar-refractivity contribution in [3.8, 4) is 0 Å². The topological polar surface area (TPSA) is 38.3 Å². The molecule has 1 unspecified atom stereocenters. The van der Waals surface area contributed by atoms with Crippen molar-refractivity contribution >= 4 is 5.78 Å². The summed E-state index contributed by atoms with van der Waals surface area (Å²) in [5.41, 5.74) is 0. The van der Waals surface area contributed by atoms with Gasteiger partial charge in [-0.25, -0.2) is 0 Å². The van der Waals surface area contributed by atoms with Crippen molar-refractivity contribution in [2.24, 2.45) is 0 Å². The molecule has 12 heavy (non-hydrogen) atoms. The molecule has 0 aliphatic carbocycles. The summed E-state index contributed by atoms with van der Waals surface area (Å²) in [4.78, 5) is 11.2. The predicted octanol–water partition coefficient (Wildman–Crippen LogP) is 0.734. The molecule has 0 bridgehead atoms. The van der Waals surface area contributed by atoms with Crippen LogP contribution in [-0.4, -0.2) is 31.6 Å². The van der Waals surface area contributed by atoms with Gasteiger partial charge >= 0.3 is 0 Å². The Kier molecular flexibility index (Phi) is 4.25. The monoisotopic (exact) mass is 171 g/mol. The van der Waals surface area contributed by atoms with Gasteiger partial charge in [0, 0.05) is 25.4 Å². The molecule has 3 nitrogen and oxygen atoms in total. The first-order valence-electron chi connectivity index (χ1n) is 4.65. The van der Waals surface area contributed by atoms with E-state index in [0.717, 1.165) is 19.6 Å². The first-order valence-corrected chi connectivity index (χ1v) is 4.65. The third-order valence-electron chi connectivity index (χ3n) is 2.00. The van der Waals surface area contributed by atoms with Crippen LogP contribution in [-0.2, 0) is 9.53 Å². The molecule has 0 amide bonds.